The third-order valence-corrected chi connectivity index (χ3v) is 3.36. The van der Waals surface area contributed by atoms with E-state index in [1.54, 1.807) is 12.4 Å². The minimum atomic E-state index is 0.956. The highest BCUT2D eigenvalue weighted by atomic mass is 79.9. The first-order valence-electron chi connectivity index (χ1n) is 4.79. The lowest BCUT2D eigenvalue weighted by atomic mass is 10.2. The van der Waals surface area contributed by atoms with Crippen LogP contribution in [0, 0.1) is 6.92 Å². The van der Waals surface area contributed by atoms with Crippen LogP contribution in [0.1, 0.15) is 5.56 Å². The Hall–Kier alpha value is -0.870. The Morgan fingerprint density at radius 2 is 1.94 bits per heavy atom. The summed E-state index contributed by atoms with van der Waals surface area (Å²) in [4.78, 5) is 4.03. The van der Waals surface area contributed by atoms with Gasteiger partial charge < -0.3 is 5.32 Å². The van der Waals surface area contributed by atoms with Crippen LogP contribution in [0.15, 0.2) is 45.6 Å². The van der Waals surface area contributed by atoms with Gasteiger partial charge in [0, 0.05) is 22.6 Å². The number of rotatable bonds is 2. The highest BCUT2D eigenvalue weighted by Gasteiger charge is 2.02. The first-order chi connectivity index (χ1) is 7.66. The van der Waals surface area contributed by atoms with Gasteiger partial charge in [-0.1, -0.05) is 15.9 Å². The van der Waals surface area contributed by atoms with E-state index in [1.165, 1.54) is 5.56 Å². The van der Waals surface area contributed by atoms with E-state index in [1.807, 2.05) is 18.2 Å². The van der Waals surface area contributed by atoms with Crippen molar-refractivity contribution in [3.05, 3.63) is 51.2 Å². The molecule has 0 aliphatic heterocycles. The first kappa shape index (κ1) is 11.6. The molecule has 0 fully saturated rings. The summed E-state index contributed by atoms with van der Waals surface area (Å²) in [5.41, 5.74) is 3.30. The van der Waals surface area contributed by atoms with Gasteiger partial charge >= 0.3 is 0 Å². The van der Waals surface area contributed by atoms with Gasteiger partial charge in [-0.2, -0.15) is 0 Å². The fourth-order valence-electron chi connectivity index (χ4n) is 1.39. The van der Waals surface area contributed by atoms with Crippen LogP contribution >= 0.6 is 31.9 Å². The average molecular weight is 342 g/mol. The van der Waals surface area contributed by atoms with Crippen molar-refractivity contribution in [1.29, 1.82) is 0 Å². The van der Waals surface area contributed by atoms with E-state index in [0.717, 1.165) is 20.3 Å². The van der Waals surface area contributed by atoms with Gasteiger partial charge in [-0.15, -0.1) is 0 Å². The van der Waals surface area contributed by atoms with Crippen LogP contribution in [0.2, 0.25) is 0 Å². The molecule has 1 heterocycles. The van der Waals surface area contributed by atoms with Crippen molar-refractivity contribution >= 4 is 43.2 Å². The number of nitrogens with one attached hydrogen (secondary N) is 1. The van der Waals surface area contributed by atoms with Crippen LogP contribution in [-0.2, 0) is 0 Å². The lowest BCUT2D eigenvalue weighted by Gasteiger charge is -2.10. The predicted octanol–water partition coefficient (Wildman–Crippen LogP) is 4.66. The smallest absolute Gasteiger partial charge is 0.0593 e. The van der Waals surface area contributed by atoms with Gasteiger partial charge in [0.2, 0.25) is 0 Å². The van der Waals surface area contributed by atoms with Gasteiger partial charge in [-0.25, -0.2) is 0 Å². The van der Waals surface area contributed by atoms with E-state index >= 15 is 0 Å². The Kier molecular flexibility index (Phi) is 3.61. The number of halogens is 2. The second kappa shape index (κ2) is 4.97. The number of hydrogen-bond acceptors (Lipinski definition) is 2. The molecule has 0 aliphatic rings. The zero-order valence-corrected chi connectivity index (χ0v) is 11.8. The lowest BCUT2D eigenvalue weighted by molar-refractivity contribution is 1.30. The molecule has 2 nitrogen and oxygen atoms in total. The van der Waals surface area contributed by atoms with Crippen LogP contribution in [0.4, 0.5) is 11.4 Å². The summed E-state index contributed by atoms with van der Waals surface area (Å²) in [5, 5.41) is 3.36. The number of nitrogens with zero attached hydrogens (tertiary/aromatic N) is 1. The van der Waals surface area contributed by atoms with E-state index in [2.05, 4.69) is 55.2 Å². The average Bonchev–Trinajstić information content (AvgIpc) is 2.25. The van der Waals surface area contributed by atoms with Gasteiger partial charge in [-0.3, -0.25) is 4.98 Å². The highest BCUT2D eigenvalue weighted by molar-refractivity contribution is 9.10. The number of aromatic nitrogens is 1. The number of anilines is 2. The molecule has 82 valence electrons. The molecule has 0 saturated carbocycles. The summed E-state index contributed by atoms with van der Waals surface area (Å²) >= 11 is 6.91. The Morgan fingerprint density at radius 3 is 2.62 bits per heavy atom. The zero-order valence-electron chi connectivity index (χ0n) is 8.67. The molecule has 0 atom stereocenters. The van der Waals surface area contributed by atoms with Gasteiger partial charge in [0.25, 0.3) is 0 Å². The summed E-state index contributed by atoms with van der Waals surface area (Å²) in [5.74, 6) is 0. The van der Waals surface area contributed by atoms with Gasteiger partial charge in [0.05, 0.1) is 10.2 Å². The molecule has 2 aromatic rings. The molecule has 4 heteroatoms. The third-order valence-electron chi connectivity index (χ3n) is 2.23. The molecular weight excluding hydrogens is 332 g/mol. The molecule has 16 heavy (non-hydrogen) atoms. The second-order valence-corrected chi connectivity index (χ2v) is 5.21. The molecule has 0 unspecified atom stereocenters. The SMILES string of the molecule is Cc1cc(Br)ccc1Nc1ccncc1Br. The van der Waals surface area contributed by atoms with E-state index < -0.39 is 0 Å². The zero-order chi connectivity index (χ0) is 11.5. The maximum Gasteiger partial charge on any atom is 0.0593 e. The van der Waals surface area contributed by atoms with Crippen molar-refractivity contribution in [3.63, 3.8) is 0 Å². The van der Waals surface area contributed by atoms with Crippen molar-refractivity contribution in [2.75, 3.05) is 5.32 Å². The van der Waals surface area contributed by atoms with Gasteiger partial charge in [0.15, 0.2) is 0 Å². The lowest BCUT2D eigenvalue weighted by Crippen LogP contribution is -1.94. The molecule has 0 amide bonds. The highest BCUT2D eigenvalue weighted by Crippen LogP contribution is 2.27. The summed E-state index contributed by atoms with van der Waals surface area (Å²) < 4.78 is 2.04. The van der Waals surface area contributed by atoms with E-state index in [0.29, 0.717) is 0 Å². The first-order valence-corrected chi connectivity index (χ1v) is 6.38. The van der Waals surface area contributed by atoms with Crippen LogP contribution in [0.25, 0.3) is 0 Å². The fourth-order valence-corrected chi connectivity index (χ4v) is 2.21. The third kappa shape index (κ3) is 2.62. The Labute approximate surface area is 111 Å². The van der Waals surface area contributed by atoms with E-state index in [9.17, 15) is 0 Å². The quantitative estimate of drug-likeness (QED) is 0.859. The topological polar surface area (TPSA) is 24.9 Å². The number of aryl methyl sites for hydroxylation is 1. The number of hydrogen-bond donors (Lipinski definition) is 1. The Morgan fingerprint density at radius 1 is 1.12 bits per heavy atom. The second-order valence-electron chi connectivity index (χ2n) is 3.44. The van der Waals surface area contributed by atoms with Crippen LogP contribution in [-0.4, -0.2) is 4.98 Å². The van der Waals surface area contributed by atoms with Gasteiger partial charge in [0.1, 0.15) is 0 Å². The maximum absolute atomic E-state index is 4.03. The van der Waals surface area contributed by atoms with Crippen molar-refractivity contribution in [1.82, 2.24) is 4.98 Å². The molecule has 1 aromatic heterocycles. The normalized spacial score (nSPS) is 10.2. The number of pyridine rings is 1. The van der Waals surface area contributed by atoms with Crippen LogP contribution in [0.3, 0.4) is 0 Å². The van der Waals surface area contributed by atoms with Crippen molar-refractivity contribution < 1.29 is 0 Å². The fraction of sp³-hybridized carbons (Fsp3) is 0.0833. The molecule has 1 N–H and O–H groups in total. The van der Waals surface area contributed by atoms with Crippen molar-refractivity contribution in [2.45, 2.75) is 6.92 Å². The van der Waals surface area contributed by atoms with Crippen LogP contribution < -0.4 is 5.32 Å². The van der Waals surface area contributed by atoms with Crippen molar-refractivity contribution in [2.24, 2.45) is 0 Å². The van der Waals surface area contributed by atoms with E-state index in [-0.39, 0.29) is 0 Å². The molecule has 0 radical (unpaired) electrons. The molecule has 1 aromatic carbocycles. The number of benzene rings is 1. The summed E-state index contributed by atoms with van der Waals surface area (Å²) in [6.07, 6.45) is 3.54. The van der Waals surface area contributed by atoms with Crippen molar-refractivity contribution in [3.8, 4) is 0 Å². The largest absolute Gasteiger partial charge is 0.354 e. The van der Waals surface area contributed by atoms with E-state index in [4.69, 9.17) is 0 Å². The molecular formula is C12H10Br2N2. The molecule has 0 spiro atoms. The predicted molar refractivity (Wildman–Crippen MR) is 74.1 cm³/mol. The van der Waals surface area contributed by atoms with Crippen LogP contribution in [0.5, 0.6) is 0 Å². The monoisotopic (exact) mass is 340 g/mol. The minimum Gasteiger partial charge on any atom is -0.354 e. The van der Waals surface area contributed by atoms with Gasteiger partial charge in [-0.05, 0) is 52.7 Å². The summed E-state index contributed by atoms with van der Waals surface area (Å²) in [6, 6.07) is 8.08. The molecule has 2 rings (SSSR count). The molecule has 0 aliphatic carbocycles. The summed E-state index contributed by atoms with van der Waals surface area (Å²) in [6.45, 7) is 2.07. The Balaban J connectivity index is 2.31. The standard InChI is InChI=1S/C12H10Br2N2/c1-8-6-9(13)2-3-11(8)16-12-4-5-15-7-10(12)14/h2-7H,1H3,(H,15,16). The molecule has 0 bridgehead atoms. The Bertz CT molecular complexity index is 512. The molecule has 0 saturated heterocycles. The summed E-state index contributed by atoms with van der Waals surface area (Å²) in [7, 11) is 0. The maximum atomic E-state index is 4.03. The minimum absolute atomic E-state index is 0.956.